The molecule has 2 N–H and O–H groups in total. The van der Waals surface area contributed by atoms with Gasteiger partial charge in [0.1, 0.15) is 22.9 Å². The average molecular weight is 463 g/mol. The van der Waals surface area contributed by atoms with Crippen LogP contribution in [0.15, 0.2) is 35.3 Å². The molecule has 34 heavy (non-hydrogen) atoms. The molecule has 2 aliphatic heterocycles. The molecule has 2 saturated heterocycles. The maximum absolute atomic E-state index is 13.5. The Morgan fingerprint density at radius 2 is 1.76 bits per heavy atom. The van der Waals surface area contributed by atoms with Crippen LogP contribution in [0.3, 0.4) is 0 Å². The number of hydrogen-bond donors (Lipinski definition) is 2. The maximum Gasteiger partial charge on any atom is 0.277 e. The summed E-state index contributed by atoms with van der Waals surface area (Å²) < 4.78 is 13.5. The third kappa shape index (κ3) is 4.64. The van der Waals surface area contributed by atoms with Gasteiger partial charge in [-0.2, -0.15) is 15.3 Å². The first-order valence-corrected chi connectivity index (χ1v) is 11.7. The maximum atomic E-state index is 13.5. The van der Waals surface area contributed by atoms with Crippen LogP contribution in [0.2, 0.25) is 0 Å². The Morgan fingerprint density at radius 1 is 1.06 bits per heavy atom. The normalized spacial score (nSPS) is 17.6. The fourth-order valence-corrected chi connectivity index (χ4v) is 4.69. The van der Waals surface area contributed by atoms with E-state index in [1.54, 1.807) is 0 Å². The summed E-state index contributed by atoms with van der Waals surface area (Å²) in [6.07, 6.45) is 4.33. The number of aromatic amines is 1. The second kappa shape index (κ2) is 9.63. The lowest BCUT2D eigenvalue weighted by molar-refractivity contribution is 0.277. The van der Waals surface area contributed by atoms with Crippen LogP contribution in [0.5, 0.6) is 0 Å². The zero-order chi connectivity index (χ0) is 23.5. The highest BCUT2D eigenvalue weighted by Gasteiger charge is 2.23. The fraction of sp³-hybridized carbons (Fsp3) is 0.458. The fourth-order valence-electron chi connectivity index (χ4n) is 4.69. The number of fused-ring (bicyclic) bond motifs is 1. The smallest absolute Gasteiger partial charge is 0.277 e. The van der Waals surface area contributed by atoms with E-state index in [0.29, 0.717) is 60.9 Å². The highest BCUT2D eigenvalue weighted by molar-refractivity contribution is 5.90. The van der Waals surface area contributed by atoms with Crippen molar-refractivity contribution in [1.29, 1.82) is 5.26 Å². The van der Waals surface area contributed by atoms with E-state index in [4.69, 9.17) is 10.2 Å². The molecule has 9 nitrogen and oxygen atoms in total. The second-order valence-corrected chi connectivity index (χ2v) is 8.96. The highest BCUT2D eigenvalue weighted by Crippen LogP contribution is 2.29. The van der Waals surface area contributed by atoms with E-state index in [1.807, 2.05) is 24.3 Å². The van der Waals surface area contributed by atoms with Gasteiger partial charge in [0.25, 0.3) is 5.56 Å². The zero-order valence-electron chi connectivity index (χ0n) is 18.9. The molecular weight excluding hydrogens is 435 g/mol. The molecule has 176 valence electrons. The number of halogens is 1. The van der Waals surface area contributed by atoms with Gasteiger partial charge in [-0.05, 0) is 55.9 Å². The Bertz CT molecular complexity index is 1240. The molecule has 1 aromatic carbocycles. The van der Waals surface area contributed by atoms with Crippen molar-refractivity contribution >= 4 is 34.0 Å². The quantitative estimate of drug-likeness (QED) is 0.592. The van der Waals surface area contributed by atoms with Crippen molar-refractivity contribution < 1.29 is 4.39 Å². The molecule has 4 heterocycles. The van der Waals surface area contributed by atoms with Gasteiger partial charge in [-0.1, -0.05) is 0 Å². The van der Waals surface area contributed by atoms with Gasteiger partial charge >= 0.3 is 0 Å². The molecule has 5 rings (SSSR count). The lowest BCUT2D eigenvalue weighted by Crippen LogP contribution is -2.35. The van der Waals surface area contributed by atoms with Gasteiger partial charge in [0.15, 0.2) is 0 Å². The largest absolute Gasteiger partial charge is 0.371 e. The van der Waals surface area contributed by atoms with Gasteiger partial charge < -0.3 is 15.1 Å². The number of hydrogen-bond acceptors (Lipinski definition) is 8. The third-order valence-electron chi connectivity index (χ3n) is 6.70. The lowest BCUT2D eigenvalue weighted by atomic mass is 9.94. The van der Waals surface area contributed by atoms with Crippen LogP contribution in [0.25, 0.3) is 10.9 Å². The van der Waals surface area contributed by atoms with E-state index >= 15 is 0 Å². The predicted octanol–water partition coefficient (Wildman–Crippen LogP) is 3.53. The minimum atomic E-state index is -0.706. The summed E-state index contributed by atoms with van der Waals surface area (Å²) in [4.78, 5) is 26.2. The standard InChI is InChI=1S/C24H27FN8O/c25-17-8-13-32(14-9-17)19-3-1-18(2-4-19)28-22-21-20(15-27-31-23(21)34)29-24(30-22)33-11-6-16(5-10-26)7-12-33/h1-4,15-17H,5-9,11-14H2,(H,31,34)(H,28,29,30). The third-order valence-corrected chi connectivity index (χ3v) is 6.70. The van der Waals surface area contributed by atoms with Crippen LogP contribution in [-0.4, -0.2) is 52.5 Å². The van der Waals surface area contributed by atoms with Gasteiger partial charge in [-0.15, -0.1) is 0 Å². The van der Waals surface area contributed by atoms with Crippen molar-refractivity contribution in [3.05, 3.63) is 40.8 Å². The molecule has 0 bridgehead atoms. The van der Waals surface area contributed by atoms with Crippen molar-refractivity contribution in [3.63, 3.8) is 0 Å². The molecule has 0 aliphatic carbocycles. The second-order valence-electron chi connectivity index (χ2n) is 8.96. The number of alkyl halides is 1. The van der Waals surface area contributed by atoms with Gasteiger partial charge in [-0.25, -0.2) is 14.5 Å². The van der Waals surface area contributed by atoms with Crippen molar-refractivity contribution in [2.45, 2.75) is 38.3 Å². The number of benzene rings is 1. The summed E-state index contributed by atoms with van der Waals surface area (Å²) in [7, 11) is 0. The van der Waals surface area contributed by atoms with E-state index in [1.165, 1.54) is 6.20 Å². The summed E-state index contributed by atoms with van der Waals surface area (Å²) in [6, 6.07) is 10.1. The van der Waals surface area contributed by atoms with Crippen LogP contribution in [-0.2, 0) is 0 Å². The van der Waals surface area contributed by atoms with Gasteiger partial charge in [-0.3, -0.25) is 4.79 Å². The number of rotatable bonds is 5. The number of aromatic nitrogens is 4. The zero-order valence-corrected chi connectivity index (χ0v) is 18.9. The summed E-state index contributed by atoms with van der Waals surface area (Å²) in [5.74, 6) is 1.37. The number of nitriles is 1. The van der Waals surface area contributed by atoms with Gasteiger partial charge in [0, 0.05) is 44.0 Å². The van der Waals surface area contributed by atoms with Crippen molar-refractivity contribution in [2.24, 2.45) is 5.92 Å². The first-order chi connectivity index (χ1) is 16.6. The Morgan fingerprint density at radius 3 is 2.47 bits per heavy atom. The molecule has 0 atom stereocenters. The number of nitrogens with one attached hydrogen (secondary N) is 2. The number of piperidine rings is 2. The molecule has 0 amide bonds. The average Bonchev–Trinajstić information content (AvgIpc) is 2.86. The van der Waals surface area contributed by atoms with Crippen molar-refractivity contribution in [2.75, 3.05) is 41.3 Å². The Hall–Kier alpha value is -3.74. The molecule has 2 aliphatic rings. The Labute approximate surface area is 196 Å². The van der Waals surface area contributed by atoms with E-state index in [2.05, 4.69) is 36.4 Å². The number of nitrogens with zero attached hydrogens (tertiary/aromatic N) is 6. The summed E-state index contributed by atoms with van der Waals surface area (Å²) in [5, 5.41) is 19.0. The Balaban J connectivity index is 1.40. The Kier molecular flexibility index (Phi) is 6.25. The predicted molar refractivity (Wildman–Crippen MR) is 129 cm³/mol. The molecule has 10 heteroatoms. The number of anilines is 4. The van der Waals surface area contributed by atoms with Crippen LogP contribution in [0.1, 0.15) is 32.1 Å². The first kappa shape index (κ1) is 22.1. The van der Waals surface area contributed by atoms with Crippen LogP contribution in [0.4, 0.5) is 27.5 Å². The molecule has 3 aromatic rings. The van der Waals surface area contributed by atoms with E-state index in [-0.39, 0.29) is 5.56 Å². The van der Waals surface area contributed by atoms with Gasteiger partial charge in [0.2, 0.25) is 5.95 Å². The van der Waals surface area contributed by atoms with Crippen LogP contribution < -0.4 is 20.7 Å². The molecule has 0 radical (unpaired) electrons. The van der Waals surface area contributed by atoms with Crippen molar-refractivity contribution in [1.82, 2.24) is 20.2 Å². The molecule has 2 fully saturated rings. The molecule has 0 spiro atoms. The molecule has 2 aromatic heterocycles. The summed E-state index contributed by atoms with van der Waals surface area (Å²) in [5.41, 5.74) is 1.96. The molecular formula is C24H27FN8O. The molecule has 0 saturated carbocycles. The summed E-state index contributed by atoms with van der Waals surface area (Å²) >= 11 is 0. The van der Waals surface area contributed by atoms with Crippen molar-refractivity contribution in [3.8, 4) is 6.07 Å². The minimum Gasteiger partial charge on any atom is -0.371 e. The monoisotopic (exact) mass is 462 g/mol. The first-order valence-electron chi connectivity index (χ1n) is 11.7. The van der Waals surface area contributed by atoms with Crippen LogP contribution >= 0.6 is 0 Å². The van der Waals surface area contributed by atoms with E-state index in [0.717, 1.165) is 37.3 Å². The van der Waals surface area contributed by atoms with Gasteiger partial charge in [0.05, 0.1) is 12.3 Å². The highest BCUT2D eigenvalue weighted by atomic mass is 19.1. The topological polar surface area (TPSA) is 114 Å². The number of H-pyrrole nitrogens is 1. The molecule has 0 unspecified atom stereocenters. The van der Waals surface area contributed by atoms with E-state index < -0.39 is 6.17 Å². The summed E-state index contributed by atoms with van der Waals surface area (Å²) in [6.45, 7) is 2.94. The SMILES string of the molecule is N#CCC1CCN(c2nc(Nc3ccc(N4CCC(F)CC4)cc3)c3c(=O)[nH]ncc3n2)CC1. The lowest BCUT2D eigenvalue weighted by Gasteiger charge is -2.31. The van der Waals surface area contributed by atoms with Crippen LogP contribution in [0, 0.1) is 17.2 Å². The minimum absolute atomic E-state index is 0.354. The van der Waals surface area contributed by atoms with E-state index in [9.17, 15) is 9.18 Å².